The average molecular weight is 345 g/mol. The van der Waals surface area contributed by atoms with Gasteiger partial charge in [-0.1, -0.05) is 42.1 Å². The molecular weight excluding hydrogens is 327 g/mol. The molecule has 22 heavy (non-hydrogen) atoms. The molecular formula is C15H18Cl2N2O3. The van der Waals surface area contributed by atoms with Crippen molar-refractivity contribution in [2.24, 2.45) is 5.92 Å². The molecule has 2 rings (SSSR count). The Morgan fingerprint density at radius 1 is 1.18 bits per heavy atom. The normalized spacial score (nSPS) is 21.2. The molecule has 120 valence electrons. The molecule has 1 saturated carbocycles. The first kappa shape index (κ1) is 17.1. The second-order valence-corrected chi connectivity index (χ2v) is 6.15. The fourth-order valence-electron chi connectivity index (χ4n) is 2.63. The lowest BCUT2D eigenvalue weighted by molar-refractivity contribution is -0.137. The van der Waals surface area contributed by atoms with Gasteiger partial charge in [-0.25, -0.2) is 0 Å². The predicted octanol–water partition coefficient (Wildman–Crippen LogP) is 2.60. The number of rotatable bonds is 3. The zero-order chi connectivity index (χ0) is 16.1. The van der Waals surface area contributed by atoms with Crippen LogP contribution in [0.1, 0.15) is 25.7 Å². The smallest absolute Gasteiger partial charge is 0.313 e. The molecule has 3 N–H and O–H groups in total. The Bertz CT molecular complexity index is 566. The highest BCUT2D eigenvalue weighted by molar-refractivity contribution is 6.45. The Hall–Kier alpha value is -1.30. The fourth-order valence-corrected chi connectivity index (χ4v) is 2.98. The molecule has 1 fully saturated rings. The molecule has 7 heteroatoms. The van der Waals surface area contributed by atoms with Gasteiger partial charge in [-0.05, 0) is 25.0 Å². The van der Waals surface area contributed by atoms with Crippen LogP contribution in [0.2, 0.25) is 10.0 Å². The number of hydrogen-bond donors (Lipinski definition) is 3. The monoisotopic (exact) mass is 344 g/mol. The van der Waals surface area contributed by atoms with E-state index in [0.29, 0.717) is 5.02 Å². The summed E-state index contributed by atoms with van der Waals surface area (Å²) in [7, 11) is 0. The highest BCUT2D eigenvalue weighted by Crippen LogP contribution is 2.29. The van der Waals surface area contributed by atoms with E-state index in [9.17, 15) is 14.7 Å². The molecule has 2 amide bonds. The van der Waals surface area contributed by atoms with Gasteiger partial charge >= 0.3 is 11.8 Å². The summed E-state index contributed by atoms with van der Waals surface area (Å²) in [6, 6.07) is 4.61. The van der Waals surface area contributed by atoms with Crippen molar-refractivity contribution < 1.29 is 14.7 Å². The van der Waals surface area contributed by atoms with Crippen LogP contribution in [-0.2, 0) is 9.59 Å². The molecule has 0 spiro atoms. The number of benzene rings is 1. The van der Waals surface area contributed by atoms with Crippen molar-refractivity contribution >= 4 is 40.7 Å². The van der Waals surface area contributed by atoms with E-state index in [1.165, 1.54) is 0 Å². The molecule has 2 unspecified atom stereocenters. The van der Waals surface area contributed by atoms with Gasteiger partial charge in [0.1, 0.15) is 0 Å². The van der Waals surface area contributed by atoms with E-state index in [2.05, 4.69) is 10.6 Å². The molecule has 0 aromatic heterocycles. The van der Waals surface area contributed by atoms with Gasteiger partial charge in [-0.2, -0.15) is 0 Å². The maximum absolute atomic E-state index is 12.0. The molecule has 0 radical (unpaired) electrons. The van der Waals surface area contributed by atoms with Crippen molar-refractivity contribution in [2.75, 3.05) is 11.9 Å². The largest absolute Gasteiger partial charge is 0.396 e. The number of amides is 2. The van der Waals surface area contributed by atoms with Crippen molar-refractivity contribution in [1.82, 2.24) is 5.32 Å². The third kappa shape index (κ3) is 4.12. The van der Waals surface area contributed by atoms with Gasteiger partial charge in [0, 0.05) is 18.6 Å². The third-order valence-electron chi connectivity index (χ3n) is 3.87. The van der Waals surface area contributed by atoms with E-state index >= 15 is 0 Å². The lowest BCUT2D eigenvalue weighted by atomic mass is 9.85. The summed E-state index contributed by atoms with van der Waals surface area (Å²) < 4.78 is 0. The minimum absolute atomic E-state index is 0.000239. The van der Waals surface area contributed by atoms with Gasteiger partial charge in [-0.3, -0.25) is 9.59 Å². The minimum Gasteiger partial charge on any atom is -0.396 e. The molecule has 2 atom stereocenters. The quantitative estimate of drug-likeness (QED) is 0.737. The topological polar surface area (TPSA) is 78.4 Å². The van der Waals surface area contributed by atoms with Crippen LogP contribution in [0.5, 0.6) is 0 Å². The molecule has 1 aromatic carbocycles. The van der Waals surface area contributed by atoms with Crippen molar-refractivity contribution in [3.05, 3.63) is 28.2 Å². The van der Waals surface area contributed by atoms with Crippen LogP contribution < -0.4 is 10.6 Å². The molecule has 1 aliphatic carbocycles. The van der Waals surface area contributed by atoms with Crippen LogP contribution in [0, 0.1) is 5.92 Å². The van der Waals surface area contributed by atoms with Crippen LogP contribution in [0.4, 0.5) is 5.69 Å². The SMILES string of the molecule is O=C(Nc1cccc(Cl)c1Cl)C(=O)NC1CCCCC1CO. The number of carbonyl (C=O) groups excluding carboxylic acids is 2. The number of carbonyl (C=O) groups is 2. The summed E-state index contributed by atoms with van der Waals surface area (Å²) >= 11 is 11.8. The zero-order valence-electron chi connectivity index (χ0n) is 11.9. The van der Waals surface area contributed by atoms with Gasteiger partial charge < -0.3 is 15.7 Å². The highest BCUT2D eigenvalue weighted by atomic mass is 35.5. The van der Waals surface area contributed by atoms with E-state index in [1.54, 1.807) is 18.2 Å². The molecule has 0 heterocycles. The van der Waals surface area contributed by atoms with Gasteiger partial charge in [0.2, 0.25) is 0 Å². The summed E-state index contributed by atoms with van der Waals surface area (Å²) in [6.45, 7) is 0.00663. The summed E-state index contributed by atoms with van der Waals surface area (Å²) in [5.74, 6) is -1.53. The number of anilines is 1. The van der Waals surface area contributed by atoms with Crippen LogP contribution in [0.3, 0.4) is 0 Å². The van der Waals surface area contributed by atoms with E-state index in [-0.39, 0.29) is 29.3 Å². The number of nitrogens with one attached hydrogen (secondary N) is 2. The Balaban J connectivity index is 1.97. The number of halogens is 2. The molecule has 0 saturated heterocycles. The molecule has 0 bridgehead atoms. The van der Waals surface area contributed by atoms with Gasteiger partial charge in [0.05, 0.1) is 15.7 Å². The molecule has 0 aliphatic heterocycles. The van der Waals surface area contributed by atoms with Crippen molar-refractivity contribution in [3.63, 3.8) is 0 Å². The highest BCUT2D eigenvalue weighted by Gasteiger charge is 2.28. The number of aliphatic hydroxyl groups is 1. The van der Waals surface area contributed by atoms with Crippen LogP contribution in [0.25, 0.3) is 0 Å². The second-order valence-electron chi connectivity index (χ2n) is 5.36. The van der Waals surface area contributed by atoms with Crippen LogP contribution in [0.15, 0.2) is 18.2 Å². The first-order valence-electron chi connectivity index (χ1n) is 7.19. The zero-order valence-corrected chi connectivity index (χ0v) is 13.5. The molecule has 1 aromatic rings. The van der Waals surface area contributed by atoms with E-state index in [1.807, 2.05) is 0 Å². The van der Waals surface area contributed by atoms with Gasteiger partial charge in [0.25, 0.3) is 0 Å². The lowest BCUT2D eigenvalue weighted by Gasteiger charge is -2.30. The first-order valence-corrected chi connectivity index (χ1v) is 7.95. The van der Waals surface area contributed by atoms with Gasteiger partial charge in [-0.15, -0.1) is 0 Å². The fraction of sp³-hybridized carbons (Fsp3) is 0.467. The van der Waals surface area contributed by atoms with Gasteiger partial charge in [0.15, 0.2) is 0 Å². The van der Waals surface area contributed by atoms with Crippen LogP contribution >= 0.6 is 23.2 Å². The van der Waals surface area contributed by atoms with Crippen LogP contribution in [-0.4, -0.2) is 29.6 Å². The Kier molecular flexibility index (Phi) is 6.06. The molecule has 5 nitrogen and oxygen atoms in total. The second kappa shape index (κ2) is 7.81. The Morgan fingerprint density at radius 3 is 2.64 bits per heavy atom. The van der Waals surface area contributed by atoms with Crippen molar-refractivity contribution in [1.29, 1.82) is 0 Å². The summed E-state index contributed by atoms with van der Waals surface area (Å²) in [4.78, 5) is 23.9. The summed E-state index contributed by atoms with van der Waals surface area (Å²) in [5.41, 5.74) is 0.289. The third-order valence-corrected chi connectivity index (χ3v) is 4.69. The number of aliphatic hydroxyl groups excluding tert-OH is 1. The predicted molar refractivity (Wildman–Crippen MR) is 86.1 cm³/mol. The molecule has 1 aliphatic rings. The summed E-state index contributed by atoms with van der Waals surface area (Å²) in [6.07, 6.45) is 3.62. The Labute approximate surface area is 139 Å². The van der Waals surface area contributed by atoms with E-state index < -0.39 is 11.8 Å². The van der Waals surface area contributed by atoms with Crippen molar-refractivity contribution in [3.8, 4) is 0 Å². The maximum atomic E-state index is 12.0. The lowest BCUT2D eigenvalue weighted by Crippen LogP contribution is -2.47. The first-order chi connectivity index (χ1) is 10.5. The average Bonchev–Trinajstić information content (AvgIpc) is 2.52. The maximum Gasteiger partial charge on any atom is 0.313 e. The van der Waals surface area contributed by atoms with E-state index in [0.717, 1.165) is 25.7 Å². The number of hydrogen-bond acceptors (Lipinski definition) is 3. The minimum atomic E-state index is -0.800. The Morgan fingerprint density at radius 2 is 1.91 bits per heavy atom. The standard InChI is InChI=1S/C15H18Cl2N2O3/c16-10-5-3-7-12(13(10)17)19-15(22)14(21)18-11-6-2-1-4-9(11)8-20/h3,5,7,9,11,20H,1-2,4,6,8H2,(H,18,21)(H,19,22). The summed E-state index contributed by atoms with van der Waals surface area (Å²) in [5, 5.41) is 15.0. The van der Waals surface area contributed by atoms with Crippen molar-refractivity contribution in [2.45, 2.75) is 31.7 Å². The van der Waals surface area contributed by atoms with E-state index in [4.69, 9.17) is 23.2 Å².